The molecule has 29 heavy (non-hydrogen) atoms. The van der Waals surface area contributed by atoms with Crippen LogP contribution in [0.25, 0.3) is 0 Å². The highest BCUT2D eigenvalue weighted by Gasteiger charge is 2.33. The number of nitrogens with zero attached hydrogens (tertiary/aromatic N) is 2. The lowest BCUT2D eigenvalue weighted by Crippen LogP contribution is -2.51. The van der Waals surface area contributed by atoms with Gasteiger partial charge in [-0.3, -0.25) is 4.79 Å². The molecule has 5 heteroatoms. The Labute approximate surface area is 173 Å². The fourth-order valence-electron chi connectivity index (χ4n) is 4.15. The van der Waals surface area contributed by atoms with E-state index in [0.29, 0.717) is 12.5 Å². The number of amides is 1. The van der Waals surface area contributed by atoms with Gasteiger partial charge in [-0.25, -0.2) is 0 Å². The van der Waals surface area contributed by atoms with E-state index in [1.54, 1.807) is 7.11 Å². The van der Waals surface area contributed by atoms with E-state index in [-0.39, 0.29) is 11.9 Å². The number of rotatable bonds is 7. The van der Waals surface area contributed by atoms with Crippen molar-refractivity contribution in [3.05, 3.63) is 59.7 Å². The average Bonchev–Trinajstić information content (AvgIpc) is 3.59. The molecule has 4 rings (SSSR count). The van der Waals surface area contributed by atoms with Crippen LogP contribution in [0.3, 0.4) is 0 Å². The van der Waals surface area contributed by atoms with Gasteiger partial charge in [0.15, 0.2) is 0 Å². The Kier molecular flexibility index (Phi) is 6.05. The lowest BCUT2D eigenvalue weighted by molar-refractivity contribution is -0.130. The summed E-state index contributed by atoms with van der Waals surface area (Å²) in [6, 6.07) is 17.1. The number of anilines is 1. The summed E-state index contributed by atoms with van der Waals surface area (Å²) in [6.45, 7) is 5.86. The molecule has 0 bridgehead atoms. The van der Waals surface area contributed by atoms with Gasteiger partial charge in [-0.15, -0.1) is 0 Å². The van der Waals surface area contributed by atoms with Gasteiger partial charge >= 0.3 is 0 Å². The Morgan fingerprint density at radius 2 is 1.83 bits per heavy atom. The van der Waals surface area contributed by atoms with Crippen LogP contribution >= 0.6 is 0 Å². The topological polar surface area (TPSA) is 44.8 Å². The van der Waals surface area contributed by atoms with Crippen LogP contribution in [-0.4, -0.2) is 50.6 Å². The predicted molar refractivity (Wildman–Crippen MR) is 116 cm³/mol. The summed E-state index contributed by atoms with van der Waals surface area (Å²) in [5, 5.41) is 3.54. The SMILES string of the molecule is COc1ccc(C(NCC(=O)N2CCN(c3cccc(C)c3)CC2)C2CC2)cc1. The molecule has 1 atom stereocenters. The average molecular weight is 394 g/mol. The van der Waals surface area contributed by atoms with Crippen molar-refractivity contribution in [3.63, 3.8) is 0 Å². The first-order chi connectivity index (χ1) is 14.1. The maximum absolute atomic E-state index is 12.8. The molecule has 1 aliphatic carbocycles. The van der Waals surface area contributed by atoms with Crippen LogP contribution < -0.4 is 15.0 Å². The zero-order valence-corrected chi connectivity index (χ0v) is 17.4. The summed E-state index contributed by atoms with van der Waals surface area (Å²) in [5.41, 5.74) is 3.77. The third kappa shape index (κ3) is 4.91. The number of piperazine rings is 1. The van der Waals surface area contributed by atoms with Gasteiger partial charge < -0.3 is 19.9 Å². The van der Waals surface area contributed by atoms with Crippen molar-refractivity contribution >= 4 is 11.6 Å². The number of hydrogen-bond donors (Lipinski definition) is 1. The second-order valence-corrected chi connectivity index (χ2v) is 8.18. The zero-order valence-electron chi connectivity index (χ0n) is 17.4. The van der Waals surface area contributed by atoms with Crippen molar-refractivity contribution < 1.29 is 9.53 Å². The van der Waals surface area contributed by atoms with Gasteiger partial charge in [0.05, 0.1) is 13.7 Å². The number of benzene rings is 2. The van der Waals surface area contributed by atoms with Gasteiger partial charge in [-0.2, -0.15) is 0 Å². The summed E-state index contributed by atoms with van der Waals surface area (Å²) in [7, 11) is 1.68. The second-order valence-electron chi connectivity index (χ2n) is 8.18. The standard InChI is InChI=1S/C24H31N3O2/c1-18-4-3-5-21(16-18)26-12-14-27(15-13-26)23(28)17-25-24(19-6-7-19)20-8-10-22(29-2)11-9-20/h3-5,8-11,16,19,24-25H,6-7,12-15,17H2,1-2H3. The molecule has 2 aliphatic rings. The highest BCUT2D eigenvalue weighted by atomic mass is 16.5. The molecular formula is C24H31N3O2. The van der Waals surface area contributed by atoms with Crippen LogP contribution in [0.1, 0.15) is 30.0 Å². The molecule has 0 radical (unpaired) electrons. The van der Waals surface area contributed by atoms with Crippen molar-refractivity contribution in [2.75, 3.05) is 44.7 Å². The van der Waals surface area contributed by atoms with Gasteiger partial charge in [-0.1, -0.05) is 24.3 Å². The Hall–Kier alpha value is -2.53. The summed E-state index contributed by atoms with van der Waals surface area (Å²) in [6.07, 6.45) is 2.46. The molecule has 154 valence electrons. The van der Waals surface area contributed by atoms with E-state index in [2.05, 4.69) is 53.5 Å². The lowest BCUT2D eigenvalue weighted by Gasteiger charge is -2.36. The van der Waals surface area contributed by atoms with Crippen LogP contribution in [0.4, 0.5) is 5.69 Å². The molecule has 5 nitrogen and oxygen atoms in total. The number of nitrogens with one attached hydrogen (secondary N) is 1. The van der Waals surface area contributed by atoms with Crippen LogP contribution in [-0.2, 0) is 4.79 Å². The molecule has 1 saturated carbocycles. The third-order valence-corrected chi connectivity index (χ3v) is 6.04. The molecule has 0 spiro atoms. The molecule has 1 unspecified atom stereocenters. The van der Waals surface area contributed by atoms with E-state index in [9.17, 15) is 4.79 Å². The van der Waals surface area contributed by atoms with E-state index < -0.39 is 0 Å². The van der Waals surface area contributed by atoms with Crippen LogP contribution in [0.2, 0.25) is 0 Å². The number of carbonyl (C=O) groups is 1. The van der Waals surface area contributed by atoms with Gasteiger partial charge in [0.2, 0.25) is 5.91 Å². The lowest BCUT2D eigenvalue weighted by atomic mass is 10.0. The van der Waals surface area contributed by atoms with Crippen LogP contribution in [0, 0.1) is 12.8 Å². The first kappa shape index (κ1) is 19.8. The second kappa shape index (κ2) is 8.87. The van der Waals surface area contributed by atoms with Crippen LogP contribution in [0.5, 0.6) is 5.75 Å². The van der Waals surface area contributed by atoms with Gasteiger partial charge in [0.25, 0.3) is 0 Å². The fourth-order valence-corrected chi connectivity index (χ4v) is 4.15. The van der Waals surface area contributed by atoms with Gasteiger partial charge in [0, 0.05) is 37.9 Å². The van der Waals surface area contributed by atoms with Crippen molar-refractivity contribution in [2.45, 2.75) is 25.8 Å². The minimum Gasteiger partial charge on any atom is -0.497 e. The van der Waals surface area contributed by atoms with E-state index in [1.807, 2.05) is 17.0 Å². The largest absolute Gasteiger partial charge is 0.497 e. The minimum atomic E-state index is 0.202. The maximum atomic E-state index is 12.8. The zero-order chi connectivity index (χ0) is 20.2. The molecule has 1 saturated heterocycles. The number of carbonyl (C=O) groups excluding carboxylic acids is 1. The Morgan fingerprint density at radius 3 is 2.45 bits per heavy atom. The predicted octanol–water partition coefficient (Wildman–Crippen LogP) is 3.39. The minimum absolute atomic E-state index is 0.202. The highest BCUT2D eigenvalue weighted by Crippen LogP contribution is 2.41. The van der Waals surface area contributed by atoms with Crippen molar-refractivity contribution in [3.8, 4) is 5.75 Å². The van der Waals surface area contributed by atoms with Crippen molar-refractivity contribution in [1.82, 2.24) is 10.2 Å². The molecule has 2 fully saturated rings. The molecular weight excluding hydrogens is 362 g/mol. The summed E-state index contributed by atoms with van der Waals surface area (Å²) < 4.78 is 5.26. The quantitative estimate of drug-likeness (QED) is 0.783. The molecule has 2 aromatic carbocycles. The number of methoxy groups -OCH3 is 1. The van der Waals surface area contributed by atoms with Gasteiger partial charge in [0.1, 0.15) is 5.75 Å². The maximum Gasteiger partial charge on any atom is 0.236 e. The fraction of sp³-hybridized carbons (Fsp3) is 0.458. The normalized spacial score (nSPS) is 17.9. The first-order valence-electron chi connectivity index (χ1n) is 10.6. The smallest absolute Gasteiger partial charge is 0.236 e. The van der Waals surface area contributed by atoms with Crippen molar-refractivity contribution in [2.24, 2.45) is 5.92 Å². The summed E-state index contributed by atoms with van der Waals surface area (Å²) in [4.78, 5) is 17.2. The Bertz CT molecular complexity index is 824. The van der Waals surface area contributed by atoms with E-state index >= 15 is 0 Å². The third-order valence-electron chi connectivity index (χ3n) is 6.04. The van der Waals surface area contributed by atoms with E-state index in [1.165, 1.54) is 29.7 Å². The monoisotopic (exact) mass is 393 g/mol. The molecule has 2 aromatic rings. The van der Waals surface area contributed by atoms with Crippen molar-refractivity contribution in [1.29, 1.82) is 0 Å². The molecule has 1 heterocycles. The first-order valence-corrected chi connectivity index (χ1v) is 10.6. The van der Waals surface area contributed by atoms with Crippen LogP contribution in [0.15, 0.2) is 48.5 Å². The summed E-state index contributed by atoms with van der Waals surface area (Å²) >= 11 is 0. The Morgan fingerprint density at radius 1 is 1.10 bits per heavy atom. The number of hydrogen-bond acceptors (Lipinski definition) is 4. The van der Waals surface area contributed by atoms with E-state index in [4.69, 9.17) is 4.74 Å². The molecule has 1 N–H and O–H groups in total. The summed E-state index contributed by atoms with van der Waals surface area (Å²) in [5.74, 6) is 1.70. The highest BCUT2D eigenvalue weighted by molar-refractivity contribution is 5.78. The Balaban J connectivity index is 1.30. The van der Waals surface area contributed by atoms with E-state index in [0.717, 1.165) is 31.9 Å². The number of aryl methyl sites for hydroxylation is 1. The molecule has 0 aromatic heterocycles. The molecule has 1 amide bonds. The molecule has 1 aliphatic heterocycles. The van der Waals surface area contributed by atoms with Gasteiger partial charge in [-0.05, 0) is 61.1 Å². The number of ether oxygens (including phenoxy) is 1.